The van der Waals surface area contributed by atoms with Crippen LogP contribution in [0.4, 0.5) is 5.69 Å². The van der Waals surface area contributed by atoms with Gasteiger partial charge in [0.15, 0.2) is 0 Å². The highest BCUT2D eigenvalue weighted by atomic mass is 14.9. The fourth-order valence-electron chi connectivity index (χ4n) is 1.67. The maximum Gasteiger partial charge on any atom is 0.0606 e. The third-order valence-corrected chi connectivity index (χ3v) is 2.68. The summed E-state index contributed by atoms with van der Waals surface area (Å²) in [4.78, 5) is 8.69. The molecule has 88 valence electrons. The van der Waals surface area contributed by atoms with Crippen molar-refractivity contribution in [1.82, 2.24) is 9.97 Å². The Balaban J connectivity index is 2.04. The maximum absolute atomic E-state index is 4.42. The van der Waals surface area contributed by atoms with Crippen LogP contribution in [0.3, 0.4) is 0 Å². The summed E-state index contributed by atoms with van der Waals surface area (Å²) >= 11 is 0. The molecule has 0 aliphatic carbocycles. The van der Waals surface area contributed by atoms with E-state index in [1.165, 1.54) is 5.56 Å². The van der Waals surface area contributed by atoms with E-state index < -0.39 is 0 Å². The van der Waals surface area contributed by atoms with Gasteiger partial charge in [0.2, 0.25) is 0 Å². The molecule has 0 aliphatic rings. The van der Waals surface area contributed by atoms with E-state index in [2.05, 4.69) is 27.4 Å². The first kappa shape index (κ1) is 11.6. The van der Waals surface area contributed by atoms with E-state index >= 15 is 0 Å². The molecule has 2 aromatic rings. The second-order valence-corrected chi connectivity index (χ2v) is 4.25. The normalized spacial score (nSPS) is 10.3. The number of hydrogen-bond acceptors (Lipinski definition) is 3. The first-order chi connectivity index (χ1) is 8.15. The van der Waals surface area contributed by atoms with Gasteiger partial charge >= 0.3 is 0 Å². The Kier molecular flexibility index (Phi) is 3.38. The van der Waals surface area contributed by atoms with Gasteiger partial charge in [0.25, 0.3) is 0 Å². The van der Waals surface area contributed by atoms with Crippen LogP contribution in [0.25, 0.3) is 0 Å². The molecule has 0 bridgehead atoms. The second-order valence-electron chi connectivity index (χ2n) is 4.25. The highest BCUT2D eigenvalue weighted by molar-refractivity contribution is 5.48. The fourth-order valence-corrected chi connectivity index (χ4v) is 1.67. The zero-order valence-corrected chi connectivity index (χ0v) is 10.5. The lowest BCUT2D eigenvalue weighted by atomic mass is 10.2. The summed E-state index contributed by atoms with van der Waals surface area (Å²) in [6.07, 6.45) is 1.90. The summed E-state index contributed by atoms with van der Waals surface area (Å²) in [5, 5.41) is 3.37. The number of pyridine rings is 2. The van der Waals surface area contributed by atoms with Crippen molar-refractivity contribution in [2.45, 2.75) is 27.3 Å². The average Bonchev–Trinajstić information content (AvgIpc) is 2.30. The van der Waals surface area contributed by atoms with Gasteiger partial charge in [-0.15, -0.1) is 0 Å². The van der Waals surface area contributed by atoms with Crippen LogP contribution in [0.2, 0.25) is 0 Å². The summed E-state index contributed by atoms with van der Waals surface area (Å²) in [6.45, 7) is 6.79. The molecule has 0 unspecified atom stereocenters. The van der Waals surface area contributed by atoms with Crippen LogP contribution >= 0.6 is 0 Å². The molecule has 2 rings (SSSR count). The van der Waals surface area contributed by atoms with Crippen LogP contribution in [0.5, 0.6) is 0 Å². The van der Waals surface area contributed by atoms with Gasteiger partial charge < -0.3 is 5.32 Å². The van der Waals surface area contributed by atoms with Crippen LogP contribution in [0.1, 0.15) is 22.6 Å². The predicted octanol–water partition coefficient (Wildman–Crippen LogP) is 3.01. The topological polar surface area (TPSA) is 37.8 Å². The fraction of sp³-hybridized carbons (Fsp3) is 0.286. The van der Waals surface area contributed by atoms with Gasteiger partial charge in [0.05, 0.1) is 11.4 Å². The summed E-state index contributed by atoms with van der Waals surface area (Å²) in [7, 11) is 0. The second kappa shape index (κ2) is 4.95. The Morgan fingerprint density at radius 2 is 1.76 bits per heavy atom. The minimum Gasteiger partial charge on any atom is -0.379 e. The van der Waals surface area contributed by atoms with Crippen LogP contribution in [0, 0.1) is 20.8 Å². The van der Waals surface area contributed by atoms with E-state index in [9.17, 15) is 0 Å². The van der Waals surface area contributed by atoms with Crippen molar-refractivity contribution in [1.29, 1.82) is 0 Å². The minimum absolute atomic E-state index is 0.777. The van der Waals surface area contributed by atoms with Gasteiger partial charge in [-0.2, -0.15) is 0 Å². The first-order valence-corrected chi connectivity index (χ1v) is 5.75. The molecule has 0 saturated carbocycles. The maximum atomic E-state index is 4.42. The van der Waals surface area contributed by atoms with Gasteiger partial charge in [0, 0.05) is 24.1 Å². The van der Waals surface area contributed by atoms with E-state index in [-0.39, 0.29) is 0 Å². The summed E-state index contributed by atoms with van der Waals surface area (Å²) < 4.78 is 0. The molecule has 2 heterocycles. The van der Waals surface area contributed by atoms with Crippen LogP contribution in [0.15, 0.2) is 30.5 Å². The summed E-state index contributed by atoms with van der Waals surface area (Å²) in [6, 6.07) is 8.20. The lowest BCUT2D eigenvalue weighted by molar-refractivity contribution is 1.06. The molecule has 0 spiro atoms. The number of hydrogen-bond donors (Lipinski definition) is 1. The summed E-state index contributed by atoms with van der Waals surface area (Å²) in [5.41, 5.74) is 5.38. The molecule has 3 heteroatoms. The van der Waals surface area contributed by atoms with Gasteiger partial charge in [-0.05, 0) is 44.5 Å². The van der Waals surface area contributed by atoms with Crippen LogP contribution in [-0.2, 0) is 6.54 Å². The predicted molar refractivity (Wildman–Crippen MR) is 70.0 cm³/mol. The summed E-state index contributed by atoms with van der Waals surface area (Å²) in [5.74, 6) is 0. The van der Waals surface area contributed by atoms with E-state index in [0.29, 0.717) is 0 Å². The van der Waals surface area contributed by atoms with Gasteiger partial charge in [-0.1, -0.05) is 6.07 Å². The van der Waals surface area contributed by atoms with E-state index in [1.54, 1.807) is 0 Å². The molecule has 0 fully saturated rings. The molecular weight excluding hydrogens is 210 g/mol. The van der Waals surface area contributed by atoms with Gasteiger partial charge in [0.1, 0.15) is 0 Å². The smallest absolute Gasteiger partial charge is 0.0606 e. The number of aryl methyl sites for hydroxylation is 3. The van der Waals surface area contributed by atoms with E-state index in [1.807, 2.05) is 39.1 Å². The first-order valence-electron chi connectivity index (χ1n) is 5.75. The van der Waals surface area contributed by atoms with Crippen molar-refractivity contribution in [3.8, 4) is 0 Å². The number of aromatic nitrogens is 2. The van der Waals surface area contributed by atoms with Crippen molar-refractivity contribution >= 4 is 5.69 Å². The van der Waals surface area contributed by atoms with Crippen molar-refractivity contribution in [3.63, 3.8) is 0 Å². The van der Waals surface area contributed by atoms with E-state index in [0.717, 1.165) is 29.3 Å². The number of nitrogens with one attached hydrogen (secondary N) is 1. The Morgan fingerprint density at radius 1 is 1.00 bits per heavy atom. The zero-order valence-electron chi connectivity index (χ0n) is 10.5. The monoisotopic (exact) mass is 227 g/mol. The quantitative estimate of drug-likeness (QED) is 0.875. The highest BCUT2D eigenvalue weighted by Gasteiger charge is 1.99. The van der Waals surface area contributed by atoms with Crippen molar-refractivity contribution < 1.29 is 0 Å². The van der Waals surface area contributed by atoms with Gasteiger partial charge in [-0.3, -0.25) is 9.97 Å². The molecule has 0 atom stereocenters. The Morgan fingerprint density at radius 3 is 2.41 bits per heavy atom. The Hall–Kier alpha value is -1.90. The Labute approximate surface area is 102 Å². The third kappa shape index (κ3) is 3.03. The molecule has 1 N–H and O–H groups in total. The molecule has 0 amide bonds. The third-order valence-electron chi connectivity index (χ3n) is 2.68. The molecule has 0 aromatic carbocycles. The lowest BCUT2D eigenvalue weighted by Gasteiger charge is -2.09. The zero-order chi connectivity index (χ0) is 12.3. The highest BCUT2D eigenvalue weighted by Crippen LogP contribution is 2.13. The van der Waals surface area contributed by atoms with E-state index in [4.69, 9.17) is 0 Å². The van der Waals surface area contributed by atoms with Crippen molar-refractivity contribution in [2.75, 3.05) is 5.32 Å². The Bertz CT molecular complexity index is 503. The molecule has 17 heavy (non-hydrogen) atoms. The van der Waals surface area contributed by atoms with Crippen LogP contribution in [-0.4, -0.2) is 9.97 Å². The van der Waals surface area contributed by atoms with Crippen molar-refractivity contribution in [3.05, 3.63) is 53.1 Å². The molecule has 2 aromatic heterocycles. The van der Waals surface area contributed by atoms with Gasteiger partial charge in [-0.25, -0.2) is 0 Å². The minimum atomic E-state index is 0.777. The number of rotatable bonds is 3. The molecule has 0 radical (unpaired) electrons. The lowest BCUT2D eigenvalue weighted by Crippen LogP contribution is -2.03. The number of nitrogens with zero attached hydrogens (tertiary/aromatic N) is 2. The molecule has 3 nitrogen and oxygen atoms in total. The molecular formula is C14H17N3. The molecule has 0 saturated heterocycles. The largest absolute Gasteiger partial charge is 0.379 e. The molecule has 0 aliphatic heterocycles. The average molecular weight is 227 g/mol. The standard InChI is InChI=1S/C14H17N3/c1-10-4-6-13(8-15-10)9-16-14-7-5-11(2)17-12(14)3/h4-8,16H,9H2,1-3H3. The van der Waals surface area contributed by atoms with Crippen LogP contribution < -0.4 is 5.32 Å². The van der Waals surface area contributed by atoms with Crippen molar-refractivity contribution in [2.24, 2.45) is 0 Å². The number of anilines is 1. The SMILES string of the molecule is Cc1ccc(CNc2ccc(C)nc2C)cn1.